The van der Waals surface area contributed by atoms with Gasteiger partial charge in [0.25, 0.3) is 0 Å². The predicted molar refractivity (Wildman–Crippen MR) is 95.2 cm³/mol. The van der Waals surface area contributed by atoms with Gasteiger partial charge in [0.05, 0.1) is 5.71 Å². The summed E-state index contributed by atoms with van der Waals surface area (Å²) in [5, 5.41) is 14.1. The maximum absolute atomic E-state index is 5.76. The molecule has 0 atom stereocenters. The van der Waals surface area contributed by atoms with Crippen LogP contribution in [0.4, 0.5) is 5.69 Å². The van der Waals surface area contributed by atoms with Gasteiger partial charge in [-0.3, -0.25) is 4.98 Å². The molecule has 1 aliphatic rings. The Kier molecular flexibility index (Phi) is 4.00. The molecular formula is C17H16N6S. The van der Waals surface area contributed by atoms with Crippen molar-refractivity contribution in [1.82, 2.24) is 19.9 Å². The monoisotopic (exact) mass is 336 g/mol. The number of nitrogens with zero attached hydrogens (tertiary/aromatic N) is 5. The number of anilines is 1. The minimum absolute atomic E-state index is 0.755. The number of aryl methyl sites for hydroxylation is 2. The summed E-state index contributed by atoms with van der Waals surface area (Å²) in [5.41, 5.74) is 9.78. The average Bonchev–Trinajstić information content (AvgIpc) is 3.04. The molecule has 0 saturated carbocycles. The third kappa shape index (κ3) is 3.03. The van der Waals surface area contributed by atoms with E-state index in [0.29, 0.717) is 0 Å². The normalized spacial score (nSPS) is 13.4. The third-order valence-corrected chi connectivity index (χ3v) is 4.77. The highest BCUT2D eigenvalue weighted by Crippen LogP contribution is 2.24. The number of thioether (sulfide) groups is 1. The highest BCUT2D eigenvalue weighted by molar-refractivity contribution is 7.99. The molecule has 1 aromatic carbocycles. The van der Waals surface area contributed by atoms with Crippen molar-refractivity contribution in [2.75, 3.05) is 11.5 Å². The summed E-state index contributed by atoms with van der Waals surface area (Å²) < 4.78 is 1.86. The lowest BCUT2D eigenvalue weighted by atomic mass is 10.1. The van der Waals surface area contributed by atoms with E-state index >= 15 is 0 Å². The minimum atomic E-state index is 0.755. The fourth-order valence-electron chi connectivity index (χ4n) is 2.54. The van der Waals surface area contributed by atoms with Crippen molar-refractivity contribution in [2.45, 2.75) is 18.0 Å². The van der Waals surface area contributed by atoms with E-state index in [0.717, 1.165) is 46.5 Å². The molecule has 1 aliphatic heterocycles. The fourth-order valence-corrected chi connectivity index (χ4v) is 3.40. The quantitative estimate of drug-likeness (QED) is 0.740. The lowest BCUT2D eigenvalue weighted by Crippen LogP contribution is -2.15. The summed E-state index contributed by atoms with van der Waals surface area (Å²) in [6, 6.07) is 11.8. The Morgan fingerprint density at radius 3 is 2.75 bits per heavy atom. The molecule has 120 valence electrons. The zero-order valence-electron chi connectivity index (χ0n) is 13.0. The van der Waals surface area contributed by atoms with Gasteiger partial charge in [-0.15, -0.1) is 10.2 Å². The molecule has 6 nitrogen and oxygen atoms in total. The van der Waals surface area contributed by atoms with Crippen LogP contribution in [0.25, 0.3) is 0 Å². The number of aromatic nitrogens is 4. The zero-order chi connectivity index (χ0) is 16.4. The van der Waals surface area contributed by atoms with Gasteiger partial charge in [0.15, 0.2) is 5.82 Å². The second kappa shape index (κ2) is 6.45. The summed E-state index contributed by atoms with van der Waals surface area (Å²) in [5.74, 6) is 1.65. The Morgan fingerprint density at radius 1 is 1.08 bits per heavy atom. The minimum Gasteiger partial charge on any atom is -0.399 e. The first-order valence-corrected chi connectivity index (χ1v) is 8.68. The van der Waals surface area contributed by atoms with Gasteiger partial charge in [-0.1, -0.05) is 30.0 Å². The Labute approximate surface area is 143 Å². The van der Waals surface area contributed by atoms with Crippen LogP contribution in [-0.4, -0.2) is 31.3 Å². The van der Waals surface area contributed by atoms with Gasteiger partial charge in [0.1, 0.15) is 0 Å². The van der Waals surface area contributed by atoms with Crippen LogP contribution in [0.15, 0.2) is 59.0 Å². The van der Waals surface area contributed by atoms with Crippen LogP contribution in [0.3, 0.4) is 0 Å². The molecule has 3 aromatic rings. The van der Waals surface area contributed by atoms with E-state index < -0.39 is 0 Å². The van der Waals surface area contributed by atoms with E-state index in [1.807, 2.05) is 41.2 Å². The number of nitrogens with two attached hydrogens (primary N) is 1. The van der Waals surface area contributed by atoms with E-state index in [2.05, 4.69) is 21.2 Å². The fraction of sp³-hybridized carbons (Fsp3) is 0.176. The number of hydrogen-bond donors (Lipinski definition) is 1. The van der Waals surface area contributed by atoms with Crippen molar-refractivity contribution in [1.29, 1.82) is 0 Å². The zero-order valence-corrected chi connectivity index (χ0v) is 13.8. The van der Waals surface area contributed by atoms with Gasteiger partial charge < -0.3 is 5.73 Å². The van der Waals surface area contributed by atoms with Crippen molar-refractivity contribution in [3.05, 3.63) is 65.7 Å². The maximum atomic E-state index is 5.76. The van der Waals surface area contributed by atoms with Crippen LogP contribution >= 0.6 is 11.8 Å². The highest BCUT2D eigenvalue weighted by Gasteiger charge is 2.19. The SMILES string of the molecule is Nc1ccc(C2=Nn3c(CCc4cccnc4)nnc3SC2)cc1. The van der Waals surface area contributed by atoms with Crippen molar-refractivity contribution >= 4 is 23.2 Å². The van der Waals surface area contributed by atoms with Gasteiger partial charge in [0.2, 0.25) is 5.16 Å². The van der Waals surface area contributed by atoms with Crippen LogP contribution in [-0.2, 0) is 12.8 Å². The Hall–Kier alpha value is -2.67. The molecule has 2 N–H and O–H groups in total. The number of pyridine rings is 1. The van der Waals surface area contributed by atoms with Crippen molar-refractivity contribution in [2.24, 2.45) is 5.10 Å². The highest BCUT2D eigenvalue weighted by atomic mass is 32.2. The van der Waals surface area contributed by atoms with E-state index in [-0.39, 0.29) is 0 Å². The van der Waals surface area contributed by atoms with Crippen LogP contribution in [0, 0.1) is 0 Å². The molecule has 24 heavy (non-hydrogen) atoms. The van der Waals surface area contributed by atoms with Gasteiger partial charge in [-0.05, 0) is 35.7 Å². The van der Waals surface area contributed by atoms with Crippen LogP contribution in [0.2, 0.25) is 0 Å². The molecule has 7 heteroatoms. The lowest BCUT2D eigenvalue weighted by Gasteiger charge is -2.14. The number of fused-ring (bicyclic) bond motifs is 1. The molecule has 0 bridgehead atoms. The molecule has 0 unspecified atom stereocenters. The summed E-state index contributed by atoms with van der Waals surface area (Å²) >= 11 is 1.65. The standard InChI is InChI=1S/C17H16N6S/c18-14-6-4-13(5-7-14)15-11-24-17-21-20-16(23(17)22-15)8-3-12-2-1-9-19-10-12/h1-2,4-7,9-10H,3,8,11,18H2. The maximum Gasteiger partial charge on any atom is 0.212 e. The lowest BCUT2D eigenvalue weighted by molar-refractivity contribution is 0.698. The predicted octanol–water partition coefficient (Wildman–Crippen LogP) is 2.40. The topological polar surface area (TPSA) is 82.0 Å². The van der Waals surface area contributed by atoms with E-state index in [4.69, 9.17) is 10.8 Å². The second-order valence-corrected chi connectivity index (χ2v) is 6.47. The first-order chi connectivity index (χ1) is 11.8. The molecule has 3 heterocycles. The molecular weight excluding hydrogens is 320 g/mol. The number of rotatable bonds is 4. The molecule has 2 aromatic heterocycles. The largest absolute Gasteiger partial charge is 0.399 e. The van der Waals surface area contributed by atoms with Crippen molar-refractivity contribution < 1.29 is 0 Å². The summed E-state index contributed by atoms with van der Waals surface area (Å²) in [7, 11) is 0. The van der Waals surface area contributed by atoms with Crippen LogP contribution in [0.1, 0.15) is 17.0 Å². The van der Waals surface area contributed by atoms with E-state index in [1.54, 1.807) is 18.0 Å². The number of nitrogen functional groups attached to an aromatic ring is 1. The van der Waals surface area contributed by atoms with Gasteiger partial charge in [-0.2, -0.15) is 9.78 Å². The van der Waals surface area contributed by atoms with Gasteiger partial charge in [0, 0.05) is 30.3 Å². The summed E-state index contributed by atoms with van der Waals surface area (Å²) in [4.78, 5) is 4.15. The summed E-state index contributed by atoms with van der Waals surface area (Å²) in [6.45, 7) is 0. The summed E-state index contributed by atoms with van der Waals surface area (Å²) in [6.07, 6.45) is 5.30. The van der Waals surface area contributed by atoms with E-state index in [1.165, 1.54) is 5.56 Å². The first kappa shape index (κ1) is 14.9. The number of hydrogen-bond acceptors (Lipinski definition) is 6. The average molecular weight is 336 g/mol. The first-order valence-electron chi connectivity index (χ1n) is 7.69. The number of benzene rings is 1. The molecule has 0 aliphatic carbocycles. The molecule has 4 rings (SSSR count). The molecule has 0 radical (unpaired) electrons. The van der Waals surface area contributed by atoms with Crippen molar-refractivity contribution in [3.8, 4) is 0 Å². The van der Waals surface area contributed by atoms with Crippen LogP contribution in [0.5, 0.6) is 0 Å². The second-order valence-electron chi connectivity index (χ2n) is 5.53. The molecule has 0 spiro atoms. The van der Waals surface area contributed by atoms with Gasteiger partial charge >= 0.3 is 0 Å². The Bertz CT molecular complexity index is 870. The van der Waals surface area contributed by atoms with Gasteiger partial charge in [-0.25, -0.2) is 0 Å². The van der Waals surface area contributed by atoms with E-state index in [9.17, 15) is 0 Å². The smallest absolute Gasteiger partial charge is 0.212 e. The molecule has 0 fully saturated rings. The Morgan fingerprint density at radius 2 is 1.96 bits per heavy atom. The molecule has 0 saturated heterocycles. The molecule has 0 amide bonds. The Balaban J connectivity index is 1.58. The van der Waals surface area contributed by atoms with Crippen LogP contribution < -0.4 is 5.73 Å². The van der Waals surface area contributed by atoms with Crippen molar-refractivity contribution in [3.63, 3.8) is 0 Å². The third-order valence-electron chi connectivity index (χ3n) is 3.84.